The van der Waals surface area contributed by atoms with Crippen LogP contribution < -0.4 is 0 Å². The van der Waals surface area contributed by atoms with Crippen molar-refractivity contribution in [3.05, 3.63) is 42.1 Å². The van der Waals surface area contributed by atoms with Gasteiger partial charge >= 0.3 is 0 Å². The van der Waals surface area contributed by atoms with E-state index in [1.165, 1.54) is 6.08 Å². The second-order valence-electron chi connectivity index (χ2n) is 2.89. The lowest BCUT2D eigenvalue weighted by Gasteiger charge is -1.99. The minimum Gasteiger partial charge on any atom is -0.266 e. The molecular formula is C11H6N2O2. The molecule has 72 valence electrons. The molecule has 0 aliphatic carbocycles. The SMILES string of the molecule is O=C=NC(=O)c1cccc2cccnc12. The van der Waals surface area contributed by atoms with Crippen LogP contribution in [0.4, 0.5) is 0 Å². The first-order valence-corrected chi connectivity index (χ1v) is 4.29. The minimum atomic E-state index is -0.616. The van der Waals surface area contributed by atoms with Gasteiger partial charge < -0.3 is 0 Å². The number of pyridine rings is 1. The van der Waals surface area contributed by atoms with Crippen LogP contribution in [0, 0.1) is 0 Å². The Balaban J connectivity index is 2.71. The van der Waals surface area contributed by atoms with E-state index in [1.54, 1.807) is 24.4 Å². The zero-order valence-corrected chi connectivity index (χ0v) is 7.68. The lowest BCUT2D eigenvalue weighted by molar-refractivity contribution is 0.100. The molecule has 0 aliphatic heterocycles. The van der Waals surface area contributed by atoms with Gasteiger partial charge in [0, 0.05) is 11.6 Å². The Bertz CT molecular complexity index is 566. The van der Waals surface area contributed by atoms with Gasteiger partial charge in [0.25, 0.3) is 5.91 Å². The number of hydrogen-bond acceptors (Lipinski definition) is 3. The van der Waals surface area contributed by atoms with Crippen molar-refractivity contribution >= 4 is 22.9 Å². The summed E-state index contributed by atoms with van der Waals surface area (Å²) in [6, 6.07) is 8.75. The molecule has 1 aromatic carbocycles. The van der Waals surface area contributed by atoms with Crippen LogP contribution in [-0.4, -0.2) is 17.0 Å². The highest BCUT2D eigenvalue weighted by Gasteiger charge is 2.08. The Kier molecular flexibility index (Phi) is 2.35. The van der Waals surface area contributed by atoms with E-state index in [9.17, 15) is 9.59 Å². The van der Waals surface area contributed by atoms with Crippen LogP contribution in [0.5, 0.6) is 0 Å². The second-order valence-corrected chi connectivity index (χ2v) is 2.89. The first-order chi connectivity index (χ1) is 7.33. The number of aromatic nitrogens is 1. The van der Waals surface area contributed by atoms with Gasteiger partial charge in [0.15, 0.2) is 0 Å². The number of amides is 1. The molecule has 0 aliphatic rings. The van der Waals surface area contributed by atoms with Crippen molar-refractivity contribution < 1.29 is 9.59 Å². The first kappa shape index (κ1) is 9.24. The molecule has 0 N–H and O–H groups in total. The Labute approximate surface area is 85.3 Å². The molecule has 4 nitrogen and oxygen atoms in total. The zero-order valence-electron chi connectivity index (χ0n) is 7.68. The van der Waals surface area contributed by atoms with E-state index in [2.05, 4.69) is 9.98 Å². The Morgan fingerprint density at radius 1 is 1.27 bits per heavy atom. The molecule has 0 saturated carbocycles. The average Bonchev–Trinajstić information content (AvgIpc) is 2.28. The predicted molar refractivity (Wildman–Crippen MR) is 54.2 cm³/mol. The summed E-state index contributed by atoms with van der Waals surface area (Å²) >= 11 is 0. The van der Waals surface area contributed by atoms with Crippen molar-refractivity contribution in [1.29, 1.82) is 0 Å². The number of aliphatic imine (C=N–C) groups is 1. The lowest BCUT2D eigenvalue weighted by Crippen LogP contribution is -1.96. The molecule has 0 radical (unpaired) electrons. The number of benzene rings is 1. The maximum atomic E-state index is 11.4. The van der Waals surface area contributed by atoms with Crippen LogP contribution in [0.3, 0.4) is 0 Å². The number of hydrogen-bond donors (Lipinski definition) is 0. The normalized spacial score (nSPS) is 9.60. The number of para-hydroxylation sites is 1. The molecule has 1 amide bonds. The van der Waals surface area contributed by atoms with Crippen LogP contribution in [0.25, 0.3) is 10.9 Å². The predicted octanol–water partition coefficient (Wildman–Crippen LogP) is 1.71. The number of nitrogens with zero attached hydrogens (tertiary/aromatic N) is 2. The average molecular weight is 198 g/mol. The quantitative estimate of drug-likeness (QED) is 0.517. The monoisotopic (exact) mass is 198 g/mol. The van der Waals surface area contributed by atoms with Crippen molar-refractivity contribution in [1.82, 2.24) is 4.98 Å². The largest absolute Gasteiger partial charge is 0.289 e. The third-order valence-corrected chi connectivity index (χ3v) is 2.01. The van der Waals surface area contributed by atoms with Crippen molar-refractivity contribution in [2.45, 2.75) is 0 Å². The maximum absolute atomic E-state index is 11.4. The molecule has 2 aromatic rings. The highest BCUT2D eigenvalue weighted by molar-refractivity contribution is 6.07. The zero-order chi connectivity index (χ0) is 10.7. The highest BCUT2D eigenvalue weighted by atomic mass is 16.2. The fourth-order valence-corrected chi connectivity index (χ4v) is 1.38. The van der Waals surface area contributed by atoms with Crippen LogP contribution >= 0.6 is 0 Å². The van der Waals surface area contributed by atoms with Crippen LogP contribution in [0.15, 0.2) is 41.5 Å². The molecule has 0 spiro atoms. The van der Waals surface area contributed by atoms with Crippen LogP contribution in [-0.2, 0) is 4.79 Å². The molecule has 0 saturated heterocycles. The summed E-state index contributed by atoms with van der Waals surface area (Å²) in [5, 5.41) is 0.837. The van der Waals surface area contributed by atoms with Gasteiger partial charge in [-0.3, -0.25) is 9.78 Å². The Hall–Kier alpha value is -2.32. The Morgan fingerprint density at radius 3 is 2.87 bits per heavy atom. The molecule has 0 bridgehead atoms. The van der Waals surface area contributed by atoms with Gasteiger partial charge in [0.05, 0.1) is 11.1 Å². The summed E-state index contributed by atoms with van der Waals surface area (Å²) in [7, 11) is 0. The first-order valence-electron chi connectivity index (χ1n) is 4.29. The number of rotatable bonds is 1. The van der Waals surface area contributed by atoms with E-state index < -0.39 is 5.91 Å². The van der Waals surface area contributed by atoms with Gasteiger partial charge in [-0.05, 0) is 12.1 Å². The summed E-state index contributed by atoms with van der Waals surface area (Å²) in [5.41, 5.74) is 0.862. The summed E-state index contributed by atoms with van der Waals surface area (Å²) in [4.78, 5) is 28.5. The molecule has 4 heteroatoms. The van der Waals surface area contributed by atoms with Gasteiger partial charge in [-0.2, -0.15) is 0 Å². The van der Waals surface area contributed by atoms with E-state index in [4.69, 9.17) is 0 Å². The van der Waals surface area contributed by atoms with Crippen molar-refractivity contribution in [3.63, 3.8) is 0 Å². The molecule has 15 heavy (non-hydrogen) atoms. The van der Waals surface area contributed by atoms with Gasteiger partial charge in [0.1, 0.15) is 0 Å². The fraction of sp³-hybridized carbons (Fsp3) is 0. The summed E-state index contributed by atoms with van der Waals surface area (Å²) < 4.78 is 0. The second kappa shape index (κ2) is 3.82. The standard InChI is InChI=1S/C11H6N2O2/c14-7-13-11(15)9-5-1-3-8-4-2-6-12-10(8)9/h1-6H. The fourth-order valence-electron chi connectivity index (χ4n) is 1.38. The molecule has 2 rings (SSSR count). The number of fused-ring (bicyclic) bond motifs is 1. The summed E-state index contributed by atoms with van der Waals surface area (Å²) in [5.74, 6) is -0.616. The number of isocyanates is 1. The lowest BCUT2D eigenvalue weighted by atomic mass is 10.1. The maximum Gasteiger partial charge on any atom is 0.289 e. The van der Waals surface area contributed by atoms with E-state index in [0.29, 0.717) is 11.1 Å². The molecule has 1 heterocycles. The molecular weight excluding hydrogens is 192 g/mol. The van der Waals surface area contributed by atoms with Gasteiger partial charge in [0.2, 0.25) is 6.08 Å². The minimum absolute atomic E-state index is 0.316. The van der Waals surface area contributed by atoms with E-state index in [-0.39, 0.29) is 0 Å². The van der Waals surface area contributed by atoms with E-state index in [1.807, 2.05) is 12.1 Å². The van der Waals surface area contributed by atoms with Crippen molar-refractivity contribution in [2.24, 2.45) is 4.99 Å². The third-order valence-electron chi connectivity index (χ3n) is 2.01. The molecule has 0 fully saturated rings. The molecule has 0 unspecified atom stereocenters. The van der Waals surface area contributed by atoms with Crippen molar-refractivity contribution in [2.75, 3.05) is 0 Å². The summed E-state index contributed by atoms with van der Waals surface area (Å²) in [6.07, 6.45) is 2.82. The van der Waals surface area contributed by atoms with Crippen LogP contribution in [0.2, 0.25) is 0 Å². The number of carbonyl (C=O) groups excluding carboxylic acids is 2. The van der Waals surface area contributed by atoms with Gasteiger partial charge in [-0.25, -0.2) is 4.79 Å². The highest BCUT2D eigenvalue weighted by Crippen LogP contribution is 2.16. The Morgan fingerprint density at radius 2 is 2.07 bits per heavy atom. The van der Waals surface area contributed by atoms with Gasteiger partial charge in [-0.1, -0.05) is 18.2 Å². The number of carbonyl (C=O) groups is 1. The van der Waals surface area contributed by atoms with Crippen molar-refractivity contribution in [3.8, 4) is 0 Å². The third kappa shape index (κ3) is 1.66. The molecule has 0 atom stereocenters. The molecule has 1 aromatic heterocycles. The summed E-state index contributed by atoms with van der Waals surface area (Å²) in [6.45, 7) is 0. The van der Waals surface area contributed by atoms with E-state index in [0.717, 1.165) is 5.39 Å². The van der Waals surface area contributed by atoms with E-state index >= 15 is 0 Å². The topological polar surface area (TPSA) is 59.4 Å². The smallest absolute Gasteiger partial charge is 0.266 e. The van der Waals surface area contributed by atoms with Crippen LogP contribution in [0.1, 0.15) is 10.4 Å². The van der Waals surface area contributed by atoms with Gasteiger partial charge in [-0.15, -0.1) is 4.99 Å².